The second kappa shape index (κ2) is 4.88. The van der Waals surface area contributed by atoms with E-state index in [-0.39, 0.29) is 6.04 Å². The summed E-state index contributed by atoms with van der Waals surface area (Å²) in [5.74, 6) is 0.605. The van der Waals surface area contributed by atoms with Crippen LogP contribution in [0.2, 0.25) is 0 Å². The van der Waals surface area contributed by atoms with Crippen LogP contribution in [0.4, 0.5) is 0 Å². The lowest BCUT2D eigenvalue weighted by molar-refractivity contribution is 0.529. The van der Waals surface area contributed by atoms with E-state index in [1.54, 1.807) is 11.3 Å². The van der Waals surface area contributed by atoms with Crippen LogP contribution in [-0.2, 0) is 6.54 Å². The average molecular weight is 223 g/mol. The van der Waals surface area contributed by atoms with Crippen LogP contribution in [0.25, 0.3) is 0 Å². The largest absolute Gasteiger partial charge is 0.324 e. The van der Waals surface area contributed by atoms with Gasteiger partial charge in [0.15, 0.2) is 0 Å². The molecule has 0 saturated heterocycles. The minimum atomic E-state index is 0.266. The van der Waals surface area contributed by atoms with E-state index in [4.69, 9.17) is 5.73 Å². The van der Waals surface area contributed by atoms with E-state index in [1.807, 2.05) is 5.51 Å². The van der Waals surface area contributed by atoms with Gasteiger partial charge in [0.1, 0.15) is 0 Å². The third-order valence-electron chi connectivity index (χ3n) is 2.74. The number of thiazole rings is 1. The molecule has 1 aromatic heterocycles. The molecule has 0 fully saturated rings. The van der Waals surface area contributed by atoms with Crippen molar-refractivity contribution in [2.45, 2.75) is 25.9 Å². The molecule has 1 aromatic rings. The van der Waals surface area contributed by atoms with E-state index >= 15 is 0 Å². The van der Waals surface area contributed by atoms with Gasteiger partial charge in [0.05, 0.1) is 11.2 Å². The molecule has 1 aliphatic carbocycles. The zero-order valence-electron chi connectivity index (χ0n) is 8.94. The molecule has 0 spiro atoms. The molecule has 3 N–H and O–H groups in total. The molecule has 2 unspecified atom stereocenters. The Labute approximate surface area is 94.4 Å². The molecular weight excluding hydrogens is 206 g/mol. The van der Waals surface area contributed by atoms with Crippen molar-refractivity contribution in [1.29, 1.82) is 0 Å². The van der Waals surface area contributed by atoms with Gasteiger partial charge in [0, 0.05) is 24.0 Å². The number of rotatable bonds is 4. The van der Waals surface area contributed by atoms with Crippen molar-refractivity contribution in [3.8, 4) is 0 Å². The summed E-state index contributed by atoms with van der Waals surface area (Å²) in [5, 5.41) is 3.45. The molecule has 0 bridgehead atoms. The summed E-state index contributed by atoms with van der Waals surface area (Å²) in [7, 11) is 0. The quantitative estimate of drug-likeness (QED) is 0.760. The molecule has 0 aromatic carbocycles. The number of aryl methyl sites for hydroxylation is 1. The predicted octanol–water partition coefficient (Wildman–Crippen LogP) is 1.44. The molecule has 0 amide bonds. The second-order valence-corrected chi connectivity index (χ2v) is 4.98. The molecule has 0 aliphatic heterocycles. The Kier molecular flexibility index (Phi) is 3.51. The molecule has 82 valence electrons. The monoisotopic (exact) mass is 223 g/mol. The van der Waals surface area contributed by atoms with Crippen molar-refractivity contribution < 1.29 is 0 Å². The maximum absolute atomic E-state index is 5.79. The summed E-state index contributed by atoms with van der Waals surface area (Å²) in [5.41, 5.74) is 8.84. The highest BCUT2D eigenvalue weighted by molar-refractivity contribution is 7.09. The lowest BCUT2D eigenvalue weighted by Gasteiger charge is -2.10. The van der Waals surface area contributed by atoms with Crippen molar-refractivity contribution >= 4 is 11.3 Å². The maximum atomic E-state index is 5.79. The van der Waals surface area contributed by atoms with E-state index in [9.17, 15) is 0 Å². The lowest BCUT2D eigenvalue weighted by atomic mass is 10.1. The Balaban J connectivity index is 1.72. The fraction of sp³-hybridized carbons (Fsp3) is 0.545. The summed E-state index contributed by atoms with van der Waals surface area (Å²) in [6, 6.07) is 0.266. The predicted molar refractivity (Wildman–Crippen MR) is 63.8 cm³/mol. The van der Waals surface area contributed by atoms with Crippen LogP contribution in [0.1, 0.15) is 17.0 Å². The maximum Gasteiger partial charge on any atom is 0.0798 e. The van der Waals surface area contributed by atoms with E-state index in [0.717, 1.165) is 25.2 Å². The number of nitrogens with two attached hydrogens (primary N) is 1. The van der Waals surface area contributed by atoms with Crippen molar-refractivity contribution in [3.05, 3.63) is 28.2 Å². The highest BCUT2D eigenvalue weighted by Gasteiger charge is 2.14. The molecular formula is C11H17N3S. The van der Waals surface area contributed by atoms with Crippen LogP contribution in [-0.4, -0.2) is 17.6 Å². The summed E-state index contributed by atoms with van der Waals surface area (Å²) in [6.07, 6.45) is 5.40. The van der Waals surface area contributed by atoms with Crippen LogP contribution < -0.4 is 11.1 Å². The van der Waals surface area contributed by atoms with E-state index in [1.165, 1.54) is 4.88 Å². The Morgan fingerprint density at radius 2 is 2.47 bits per heavy atom. The third kappa shape index (κ3) is 2.87. The first-order chi connectivity index (χ1) is 7.25. The minimum absolute atomic E-state index is 0.266. The SMILES string of the molecule is Cc1ncsc1CNCC1C=CC(N)C1. The molecule has 0 radical (unpaired) electrons. The summed E-state index contributed by atoms with van der Waals surface area (Å²) >= 11 is 1.72. The minimum Gasteiger partial charge on any atom is -0.324 e. The summed E-state index contributed by atoms with van der Waals surface area (Å²) in [4.78, 5) is 5.56. The van der Waals surface area contributed by atoms with Gasteiger partial charge in [-0.05, 0) is 19.3 Å². The molecule has 15 heavy (non-hydrogen) atoms. The van der Waals surface area contributed by atoms with Crippen molar-refractivity contribution in [3.63, 3.8) is 0 Å². The Morgan fingerprint density at radius 1 is 1.60 bits per heavy atom. The van der Waals surface area contributed by atoms with Gasteiger partial charge >= 0.3 is 0 Å². The van der Waals surface area contributed by atoms with Gasteiger partial charge in [-0.25, -0.2) is 4.98 Å². The van der Waals surface area contributed by atoms with Gasteiger partial charge in [-0.3, -0.25) is 0 Å². The summed E-state index contributed by atoms with van der Waals surface area (Å²) in [6.45, 7) is 4.00. The number of hydrogen-bond donors (Lipinski definition) is 2. The van der Waals surface area contributed by atoms with Crippen LogP contribution in [0, 0.1) is 12.8 Å². The van der Waals surface area contributed by atoms with Crippen molar-refractivity contribution in [2.75, 3.05) is 6.54 Å². The molecule has 2 atom stereocenters. The topological polar surface area (TPSA) is 50.9 Å². The fourth-order valence-electron chi connectivity index (χ4n) is 1.82. The standard InChI is InChI=1S/C11H17N3S/c1-8-11(15-7-14-8)6-13-5-9-2-3-10(12)4-9/h2-3,7,9-10,13H,4-6,12H2,1H3. The molecule has 4 heteroatoms. The van der Waals surface area contributed by atoms with Crippen LogP contribution in [0.5, 0.6) is 0 Å². The van der Waals surface area contributed by atoms with Gasteiger partial charge in [0.2, 0.25) is 0 Å². The highest BCUT2D eigenvalue weighted by Crippen LogP contribution is 2.16. The third-order valence-corrected chi connectivity index (χ3v) is 3.68. The zero-order valence-corrected chi connectivity index (χ0v) is 9.76. The van der Waals surface area contributed by atoms with E-state index < -0.39 is 0 Å². The van der Waals surface area contributed by atoms with Crippen LogP contribution in [0.3, 0.4) is 0 Å². The lowest BCUT2D eigenvalue weighted by Crippen LogP contribution is -2.23. The number of nitrogens with zero attached hydrogens (tertiary/aromatic N) is 1. The van der Waals surface area contributed by atoms with Gasteiger partial charge in [-0.1, -0.05) is 12.2 Å². The first-order valence-corrected chi connectivity index (χ1v) is 6.17. The first kappa shape index (κ1) is 10.8. The molecule has 2 rings (SSSR count). The van der Waals surface area contributed by atoms with Crippen molar-refractivity contribution in [2.24, 2.45) is 11.7 Å². The summed E-state index contributed by atoms with van der Waals surface area (Å²) < 4.78 is 0. The fourth-order valence-corrected chi connectivity index (χ4v) is 2.57. The zero-order chi connectivity index (χ0) is 10.7. The Morgan fingerprint density at radius 3 is 3.07 bits per heavy atom. The highest BCUT2D eigenvalue weighted by atomic mass is 32.1. The van der Waals surface area contributed by atoms with Crippen LogP contribution >= 0.6 is 11.3 Å². The molecule has 3 nitrogen and oxygen atoms in total. The van der Waals surface area contributed by atoms with Crippen LogP contribution in [0.15, 0.2) is 17.7 Å². The Hall–Kier alpha value is -0.710. The molecule has 1 heterocycles. The second-order valence-electron chi connectivity index (χ2n) is 4.04. The number of hydrogen-bond acceptors (Lipinski definition) is 4. The smallest absolute Gasteiger partial charge is 0.0798 e. The van der Waals surface area contributed by atoms with Gasteiger partial charge in [0.25, 0.3) is 0 Å². The molecule has 0 saturated carbocycles. The van der Waals surface area contributed by atoms with Gasteiger partial charge in [-0.15, -0.1) is 11.3 Å². The molecule has 1 aliphatic rings. The number of nitrogens with one attached hydrogen (secondary N) is 1. The van der Waals surface area contributed by atoms with E-state index in [0.29, 0.717) is 5.92 Å². The van der Waals surface area contributed by atoms with Crippen molar-refractivity contribution in [1.82, 2.24) is 10.3 Å². The first-order valence-electron chi connectivity index (χ1n) is 5.29. The Bertz CT molecular complexity index is 345. The van der Waals surface area contributed by atoms with Gasteiger partial charge < -0.3 is 11.1 Å². The van der Waals surface area contributed by atoms with E-state index in [2.05, 4.69) is 29.4 Å². The number of aromatic nitrogens is 1. The normalized spacial score (nSPS) is 24.9. The van der Waals surface area contributed by atoms with Gasteiger partial charge in [-0.2, -0.15) is 0 Å². The average Bonchev–Trinajstić information content (AvgIpc) is 2.77.